The normalized spacial score (nSPS) is 10.6. The summed E-state index contributed by atoms with van der Waals surface area (Å²) >= 11 is 7.43. The Morgan fingerprint density at radius 3 is 2.56 bits per heavy atom. The first-order chi connectivity index (χ1) is 16.2. The Hall–Kier alpha value is -3.41. The van der Waals surface area contributed by atoms with Gasteiger partial charge in [-0.2, -0.15) is 0 Å². The van der Waals surface area contributed by atoms with E-state index in [1.807, 2.05) is 19.1 Å². The van der Waals surface area contributed by atoms with Gasteiger partial charge in [-0.3, -0.25) is 19.6 Å². The molecule has 2 heterocycles. The number of amides is 2. The lowest BCUT2D eigenvalue weighted by Gasteiger charge is -2.08. The van der Waals surface area contributed by atoms with Crippen LogP contribution in [0.2, 0.25) is 5.02 Å². The molecule has 10 nitrogen and oxygen atoms in total. The number of benzene rings is 1. The van der Waals surface area contributed by atoms with Crippen molar-refractivity contribution < 1.29 is 19.6 Å². The quantitative estimate of drug-likeness (QED) is 0.185. The van der Waals surface area contributed by atoms with Crippen LogP contribution in [-0.4, -0.2) is 37.8 Å². The monoisotopic (exact) mass is 502 g/mol. The Kier molecular flexibility index (Phi) is 8.63. The van der Waals surface area contributed by atoms with Crippen molar-refractivity contribution in [3.8, 4) is 0 Å². The van der Waals surface area contributed by atoms with E-state index in [2.05, 4.69) is 25.6 Å². The van der Waals surface area contributed by atoms with E-state index in [0.717, 1.165) is 11.1 Å². The maximum atomic E-state index is 12.7. The van der Waals surface area contributed by atoms with Crippen LogP contribution in [0.3, 0.4) is 0 Å². The second kappa shape index (κ2) is 11.6. The van der Waals surface area contributed by atoms with E-state index in [0.29, 0.717) is 26.7 Å². The minimum Gasteiger partial charge on any atom is -0.316 e. The third-order valence-corrected chi connectivity index (χ3v) is 6.05. The van der Waals surface area contributed by atoms with Gasteiger partial charge in [-0.05, 0) is 37.5 Å². The van der Waals surface area contributed by atoms with Gasteiger partial charge in [0.1, 0.15) is 17.5 Å². The molecule has 0 aliphatic heterocycles. The molecule has 0 aliphatic rings. The molecule has 2 aromatic heterocycles. The number of carbonyl (C=O) groups excluding carboxylic acids is 3. The fraction of sp³-hybridized carbons (Fsp3) is 0.273. The van der Waals surface area contributed by atoms with Gasteiger partial charge in [0.25, 0.3) is 0 Å². The number of hydrogen-bond acceptors (Lipinski definition) is 9. The lowest BCUT2D eigenvalue weighted by molar-refractivity contribution is -0.129. The Labute approximate surface area is 204 Å². The highest BCUT2D eigenvalue weighted by molar-refractivity contribution is 7.17. The van der Waals surface area contributed by atoms with Crippen LogP contribution in [0.4, 0.5) is 16.8 Å². The average molecular weight is 503 g/mol. The lowest BCUT2D eigenvalue weighted by atomic mass is 10.0. The third kappa shape index (κ3) is 7.04. The van der Waals surface area contributed by atoms with E-state index >= 15 is 0 Å². The number of ketones is 1. The van der Waals surface area contributed by atoms with Crippen LogP contribution in [0.25, 0.3) is 0 Å². The molecule has 178 valence electrons. The second-order valence-electron chi connectivity index (χ2n) is 7.41. The van der Waals surface area contributed by atoms with Gasteiger partial charge in [-0.25, -0.2) is 20.4 Å². The minimum absolute atomic E-state index is 0.0284. The number of hydroxylamine groups is 1. The Balaban J connectivity index is 1.63. The van der Waals surface area contributed by atoms with E-state index in [9.17, 15) is 14.4 Å². The molecule has 0 spiro atoms. The van der Waals surface area contributed by atoms with Crippen molar-refractivity contribution in [3.05, 3.63) is 57.3 Å². The molecule has 34 heavy (non-hydrogen) atoms. The molecular weight excluding hydrogens is 480 g/mol. The lowest BCUT2D eigenvalue weighted by Crippen LogP contribution is -2.19. The first-order valence-electron chi connectivity index (χ1n) is 10.3. The van der Waals surface area contributed by atoms with Crippen LogP contribution in [0.1, 0.15) is 45.9 Å². The van der Waals surface area contributed by atoms with Gasteiger partial charge in [0.15, 0.2) is 10.9 Å². The third-order valence-electron chi connectivity index (χ3n) is 4.74. The number of nitrogens with zero attached hydrogens (tertiary/aromatic N) is 3. The van der Waals surface area contributed by atoms with Crippen molar-refractivity contribution in [2.24, 2.45) is 0 Å². The summed E-state index contributed by atoms with van der Waals surface area (Å²) in [6.07, 6.45) is 2.07. The van der Waals surface area contributed by atoms with E-state index in [1.54, 1.807) is 19.1 Å². The number of aromatic nitrogens is 3. The second-order valence-corrected chi connectivity index (χ2v) is 8.85. The molecule has 1 aromatic carbocycles. The maximum absolute atomic E-state index is 12.7. The SMILES string of the molecule is Cc1nc(NC(=O)CCCC(=O)NO)cc(Nc2ncc(C(=O)Cc3c(C)cccc3Cl)s2)n1. The number of Topliss-reactive ketones (excluding diaryl/α,β-unsaturated/α-hetero) is 1. The van der Waals surface area contributed by atoms with Crippen LogP contribution in [0.5, 0.6) is 0 Å². The number of carbonyl (C=O) groups is 3. The smallest absolute Gasteiger partial charge is 0.243 e. The molecule has 0 aliphatic carbocycles. The minimum atomic E-state index is -0.555. The molecule has 4 N–H and O–H groups in total. The van der Waals surface area contributed by atoms with Gasteiger partial charge in [-0.15, -0.1) is 0 Å². The summed E-state index contributed by atoms with van der Waals surface area (Å²) in [6.45, 7) is 3.59. The number of anilines is 3. The van der Waals surface area contributed by atoms with Gasteiger partial charge in [0, 0.05) is 30.4 Å². The van der Waals surface area contributed by atoms with Crippen molar-refractivity contribution >= 4 is 57.3 Å². The summed E-state index contributed by atoms with van der Waals surface area (Å²) in [7, 11) is 0. The van der Waals surface area contributed by atoms with Crippen molar-refractivity contribution in [3.63, 3.8) is 0 Å². The number of halogens is 1. The topological polar surface area (TPSA) is 146 Å². The summed E-state index contributed by atoms with van der Waals surface area (Å²) in [5.74, 6) is 0.129. The molecule has 3 rings (SSSR count). The molecule has 0 saturated carbocycles. The molecule has 0 radical (unpaired) electrons. The highest BCUT2D eigenvalue weighted by atomic mass is 35.5. The summed E-state index contributed by atoms with van der Waals surface area (Å²) in [6, 6.07) is 7.06. The Morgan fingerprint density at radius 2 is 1.82 bits per heavy atom. The van der Waals surface area contributed by atoms with Crippen LogP contribution >= 0.6 is 22.9 Å². The van der Waals surface area contributed by atoms with Gasteiger partial charge < -0.3 is 10.6 Å². The van der Waals surface area contributed by atoms with E-state index in [4.69, 9.17) is 16.8 Å². The van der Waals surface area contributed by atoms with Crippen molar-refractivity contribution in [2.45, 2.75) is 39.5 Å². The summed E-state index contributed by atoms with van der Waals surface area (Å²) < 4.78 is 0. The first kappa shape index (κ1) is 25.2. The molecule has 0 unspecified atom stereocenters. The Morgan fingerprint density at radius 1 is 1.09 bits per heavy atom. The fourth-order valence-corrected chi connectivity index (χ4v) is 4.12. The fourth-order valence-electron chi connectivity index (χ4n) is 3.07. The molecule has 0 atom stereocenters. The number of hydrogen-bond donors (Lipinski definition) is 4. The molecule has 12 heteroatoms. The number of aryl methyl sites for hydroxylation is 2. The summed E-state index contributed by atoms with van der Waals surface area (Å²) in [5, 5.41) is 15.2. The molecule has 2 amide bonds. The zero-order chi connectivity index (χ0) is 24.7. The summed E-state index contributed by atoms with van der Waals surface area (Å²) in [5.41, 5.74) is 3.26. The van der Waals surface area contributed by atoms with Crippen LogP contribution < -0.4 is 16.1 Å². The van der Waals surface area contributed by atoms with Crippen molar-refractivity contribution in [1.29, 1.82) is 0 Å². The standard InChI is InChI=1S/C22H23ClN6O4S/c1-12-5-3-6-15(23)14(12)9-16(30)17-11-24-22(34-17)28-19-10-18(25-13(2)26-19)27-20(31)7-4-8-21(32)29-33/h3,5-6,10-11,33H,4,7-9H2,1-2H3,(H,29,32)(H2,24,25,26,27,28,31). The maximum Gasteiger partial charge on any atom is 0.243 e. The predicted octanol–water partition coefficient (Wildman–Crippen LogP) is 3.99. The van der Waals surface area contributed by atoms with Crippen LogP contribution in [0, 0.1) is 13.8 Å². The van der Waals surface area contributed by atoms with E-state index in [-0.39, 0.29) is 43.2 Å². The average Bonchev–Trinajstić information content (AvgIpc) is 3.24. The summed E-state index contributed by atoms with van der Waals surface area (Å²) in [4.78, 5) is 49.1. The molecular formula is C22H23ClN6O4S. The number of thiazole rings is 1. The first-order valence-corrected chi connectivity index (χ1v) is 11.5. The van der Waals surface area contributed by atoms with Gasteiger partial charge in [0.05, 0.1) is 11.1 Å². The molecule has 0 fully saturated rings. The highest BCUT2D eigenvalue weighted by Crippen LogP contribution is 2.26. The van der Waals surface area contributed by atoms with Crippen LogP contribution in [0.15, 0.2) is 30.5 Å². The van der Waals surface area contributed by atoms with Gasteiger partial charge in [0.2, 0.25) is 11.8 Å². The molecule has 0 bridgehead atoms. The zero-order valence-corrected chi connectivity index (χ0v) is 20.1. The largest absolute Gasteiger partial charge is 0.316 e. The number of nitrogens with one attached hydrogen (secondary N) is 3. The van der Waals surface area contributed by atoms with Crippen molar-refractivity contribution in [1.82, 2.24) is 20.4 Å². The zero-order valence-electron chi connectivity index (χ0n) is 18.5. The van der Waals surface area contributed by atoms with Gasteiger partial charge >= 0.3 is 0 Å². The molecule has 3 aromatic rings. The van der Waals surface area contributed by atoms with E-state index in [1.165, 1.54) is 23.0 Å². The number of rotatable bonds is 10. The highest BCUT2D eigenvalue weighted by Gasteiger charge is 2.16. The molecule has 0 saturated heterocycles. The Bertz CT molecular complexity index is 1200. The van der Waals surface area contributed by atoms with Crippen molar-refractivity contribution in [2.75, 3.05) is 10.6 Å². The van der Waals surface area contributed by atoms with E-state index < -0.39 is 5.91 Å². The predicted molar refractivity (Wildman–Crippen MR) is 129 cm³/mol. The van der Waals surface area contributed by atoms with Gasteiger partial charge in [-0.1, -0.05) is 35.1 Å². The van der Waals surface area contributed by atoms with Crippen LogP contribution in [-0.2, 0) is 16.0 Å².